The molecule has 1 amide bonds. The van der Waals surface area contributed by atoms with Crippen LogP contribution in [0.2, 0.25) is 0 Å². The van der Waals surface area contributed by atoms with E-state index < -0.39 is 0 Å². The smallest absolute Gasteiger partial charge is 0.290 e. The molecule has 1 N–H and O–H groups in total. The summed E-state index contributed by atoms with van der Waals surface area (Å²) in [7, 11) is 1.59. The maximum Gasteiger partial charge on any atom is 0.290 e. The van der Waals surface area contributed by atoms with Crippen LogP contribution in [0.15, 0.2) is 40.8 Å². The highest BCUT2D eigenvalue weighted by atomic mass is 19.1. The van der Waals surface area contributed by atoms with Crippen molar-refractivity contribution in [3.8, 4) is 5.75 Å². The zero-order chi connectivity index (χ0) is 20.1. The van der Waals surface area contributed by atoms with Gasteiger partial charge >= 0.3 is 0 Å². The monoisotopic (exact) mass is 393 g/mol. The molecule has 0 aliphatic carbocycles. The van der Waals surface area contributed by atoms with Crippen molar-refractivity contribution in [2.45, 2.75) is 25.8 Å². The number of methoxy groups -OCH3 is 1. The van der Waals surface area contributed by atoms with Gasteiger partial charge in [-0.1, -0.05) is 0 Å². The van der Waals surface area contributed by atoms with E-state index in [-0.39, 0.29) is 17.8 Å². The van der Waals surface area contributed by atoms with E-state index in [1.165, 1.54) is 12.1 Å². The summed E-state index contributed by atoms with van der Waals surface area (Å²) in [5.74, 6) is 1.21. The van der Waals surface area contributed by atoms with Crippen molar-refractivity contribution < 1.29 is 18.3 Å². The Bertz CT molecular complexity index is 1240. The molecular formula is C22H20FN3O3. The van der Waals surface area contributed by atoms with Gasteiger partial charge in [-0.05, 0) is 50.1 Å². The molecule has 5 rings (SSSR count). The summed E-state index contributed by atoms with van der Waals surface area (Å²) >= 11 is 0. The molecule has 1 atom stereocenters. The minimum Gasteiger partial charge on any atom is -0.497 e. The molecule has 29 heavy (non-hydrogen) atoms. The quantitative estimate of drug-likeness (QED) is 0.546. The molecule has 2 aromatic heterocycles. The summed E-state index contributed by atoms with van der Waals surface area (Å²) in [6.45, 7) is 2.51. The predicted molar refractivity (Wildman–Crippen MR) is 107 cm³/mol. The first-order valence-corrected chi connectivity index (χ1v) is 9.58. The number of carbonyl (C=O) groups excluding carboxylic acids is 1. The summed E-state index contributed by atoms with van der Waals surface area (Å²) in [4.78, 5) is 22.9. The highest BCUT2D eigenvalue weighted by Crippen LogP contribution is 2.35. The van der Waals surface area contributed by atoms with Gasteiger partial charge in [-0.2, -0.15) is 0 Å². The van der Waals surface area contributed by atoms with E-state index in [0.29, 0.717) is 40.5 Å². The van der Waals surface area contributed by atoms with Crippen molar-refractivity contribution >= 4 is 27.9 Å². The number of imidazole rings is 1. The third kappa shape index (κ3) is 2.85. The van der Waals surface area contributed by atoms with Crippen LogP contribution in [0.1, 0.15) is 40.8 Å². The number of aryl methyl sites for hydroxylation is 1. The molecule has 0 saturated carbocycles. The lowest BCUT2D eigenvalue weighted by atomic mass is 10.1. The van der Waals surface area contributed by atoms with Crippen molar-refractivity contribution in [1.82, 2.24) is 14.9 Å². The number of ether oxygens (including phenoxy) is 1. The van der Waals surface area contributed by atoms with Gasteiger partial charge in [0.05, 0.1) is 24.2 Å². The van der Waals surface area contributed by atoms with Gasteiger partial charge in [-0.25, -0.2) is 9.37 Å². The standard InChI is InChI=1S/C22H20FN3O3/c1-12-15-7-6-14(28-2)11-19(15)29-20(12)22(27)26-9-3-4-18(26)21-24-16-8-5-13(23)10-17(16)25-21/h5-8,10-11,18H,3-4,9H2,1-2H3,(H,24,25). The number of nitrogens with zero attached hydrogens (tertiary/aromatic N) is 2. The first-order valence-electron chi connectivity index (χ1n) is 9.58. The van der Waals surface area contributed by atoms with E-state index in [0.717, 1.165) is 23.8 Å². The van der Waals surface area contributed by atoms with E-state index in [9.17, 15) is 9.18 Å². The summed E-state index contributed by atoms with van der Waals surface area (Å²) < 4.78 is 24.7. The highest BCUT2D eigenvalue weighted by Gasteiger charge is 2.35. The van der Waals surface area contributed by atoms with Gasteiger partial charge in [0.2, 0.25) is 0 Å². The van der Waals surface area contributed by atoms with Crippen molar-refractivity contribution in [1.29, 1.82) is 0 Å². The van der Waals surface area contributed by atoms with Gasteiger partial charge in [0, 0.05) is 23.6 Å². The molecule has 6 nitrogen and oxygen atoms in total. The fourth-order valence-electron chi connectivity index (χ4n) is 4.12. The van der Waals surface area contributed by atoms with Crippen molar-refractivity contribution in [2.24, 2.45) is 0 Å². The molecular weight excluding hydrogens is 373 g/mol. The predicted octanol–water partition coefficient (Wildman–Crippen LogP) is 4.74. The lowest BCUT2D eigenvalue weighted by molar-refractivity contribution is 0.0699. The molecule has 1 unspecified atom stereocenters. The van der Waals surface area contributed by atoms with Crippen LogP contribution < -0.4 is 4.74 Å². The van der Waals surface area contributed by atoms with Gasteiger partial charge < -0.3 is 19.0 Å². The molecule has 7 heteroatoms. The lowest BCUT2D eigenvalue weighted by Crippen LogP contribution is -2.31. The number of likely N-dealkylation sites (tertiary alicyclic amines) is 1. The molecule has 4 aromatic rings. The Morgan fingerprint density at radius 3 is 3.00 bits per heavy atom. The molecule has 0 radical (unpaired) electrons. The molecule has 1 aliphatic rings. The van der Waals surface area contributed by atoms with E-state index in [1.807, 2.05) is 19.1 Å². The highest BCUT2D eigenvalue weighted by molar-refractivity contribution is 5.99. The average Bonchev–Trinajstić information content (AvgIpc) is 3.43. The number of hydrogen-bond acceptors (Lipinski definition) is 4. The lowest BCUT2D eigenvalue weighted by Gasteiger charge is -2.22. The van der Waals surface area contributed by atoms with Crippen LogP contribution >= 0.6 is 0 Å². The normalized spacial score (nSPS) is 16.8. The number of carbonyl (C=O) groups is 1. The number of H-pyrrole nitrogens is 1. The summed E-state index contributed by atoms with van der Waals surface area (Å²) in [6.07, 6.45) is 1.66. The van der Waals surface area contributed by atoms with E-state index in [2.05, 4.69) is 9.97 Å². The summed E-state index contributed by atoms with van der Waals surface area (Å²) in [5.41, 5.74) is 2.75. The van der Waals surface area contributed by atoms with Crippen LogP contribution in [0, 0.1) is 12.7 Å². The van der Waals surface area contributed by atoms with Crippen LogP contribution in [0.25, 0.3) is 22.0 Å². The van der Waals surface area contributed by atoms with Crippen molar-refractivity contribution in [3.63, 3.8) is 0 Å². The SMILES string of the molecule is COc1ccc2c(C)c(C(=O)N3CCCC3c3nc4ccc(F)cc4[nH]3)oc2c1. The molecule has 1 aliphatic heterocycles. The Kier molecular flexibility index (Phi) is 4.04. The molecule has 1 saturated heterocycles. The number of amides is 1. The maximum atomic E-state index is 13.5. The van der Waals surface area contributed by atoms with Gasteiger partial charge in [-0.15, -0.1) is 0 Å². The van der Waals surface area contributed by atoms with E-state index in [4.69, 9.17) is 9.15 Å². The Morgan fingerprint density at radius 2 is 2.17 bits per heavy atom. The molecule has 2 aromatic carbocycles. The number of nitrogens with one attached hydrogen (secondary N) is 1. The van der Waals surface area contributed by atoms with Crippen molar-refractivity contribution in [2.75, 3.05) is 13.7 Å². The second kappa shape index (κ2) is 6.62. The first kappa shape index (κ1) is 17.7. The Morgan fingerprint density at radius 1 is 1.31 bits per heavy atom. The molecule has 148 valence electrons. The van der Waals surface area contributed by atoms with Crippen molar-refractivity contribution in [3.05, 3.63) is 59.4 Å². The molecule has 1 fully saturated rings. The van der Waals surface area contributed by atoms with Gasteiger partial charge in [-0.3, -0.25) is 4.79 Å². The maximum absolute atomic E-state index is 13.5. The zero-order valence-electron chi connectivity index (χ0n) is 16.2. The number of aromatic amines is 1. The summed E-state index contributed by atoms with van der Waals surface area (Å²) in [5, 5.41) is 0.893. The fraction of sp³-hybridized carbons (Fsp3) is 0.273. The summed E-state index contributed by atoms with van der Waals surface area (Å²) in [6, 6.07) is 9.79. The van der Waals surface area contributed by atoms with Gasteiger partial charge in [0.15, 0.2) is 5.76 Å². The Labute approximate surface area is 166 Å². The number of halogens is 1. The van der Waals surface area contributed by atoms with Crippen LogP contribution in [0.5, 0.6) is 5.75 Å². The van der Waals surface area contributed by atoms with Gasteiger partial charge in [0.25, 0.3) is 5.91 Å². The third-order valence-electron chi connectivity index (χ3n) is 5.63. The van der Waals surface area contributed by atoms with Gasteiger partial charge in [0.1, 0.15) is 23.0 Å². The number of aromatic nitrogens is 2. The van der Waals surface area contributed by atoms with Crippen LogP contribution in [-0.2, 0) is 0 Å². The molecule has 3 heterocycles. The van der Waals surface area contributed by atoms with E-state index in [1.54, 1.807) is 24.1 Å². The fourth-order valence-corrected chi connectivity index (χ4v) is 4.12. The Balaban J connectivity index is 1.51. The van der Waals surface area contributed by atoms with Crippen LogP contribution in [-0.4, -0.2) is 34.4 Å². The first-order chi connectivity index (χ1) is 14.0. The average molecular weight is 393 g/mol. The number of furan rings is 1. The minimum absolute atomic E-state index is 0.160. The van der Waals surface area contributed by atoms with E-state index >= 15 is 0 Å². The number of fused-ring (bicyclic) bond motifs is 2. The third-order valence-corrected chi connectivity index (χ3v) is 5.63. The molecule has 0 spiro atoms. The topological polar surface area (TPSA) is 71.4 Å². The van der Waals surface area contributed by atoms with Crippen LogP contribution in [0.4, 0.5) is 4.39 Å². The minimum atomic E-state index is -0.319. The second-order valence-corrected chi connectivity index (χ2v) is 7.36. The second-order valence-electron chi connectivity index (χ2n) is 7.36. The molecule has 0 bridgehead atoms. The van der Waals surface area contributed by atoms with Crippen LogP contribution in [0.3, 0.4) is 0 Å². The number of hydrogen-bond donors (Lipinski definition) is 1. The number of benzene rings is 2. The Hall–Kier alpha value is -3.35. The number of rotatable bonds is 3. The zero-order valence-corrected chi connectivity index (χ0v) is 16.2. The largest absolute Gasteiger partial charge is 0.497 e.